The molecule has 0 aliphatic carbocycles. The number of aromatic nitrogens is 2. The number of aromatic amines is 1. The number of ether oxygens (including phenoxy) is 3. The van der Waals surface area contributed by atoms with Gasteiger partial charge in [-0.05, 0) is 37.5 Å². The highest BCUT2D eigenvalue weighted by molar-refractivity contribution is 5.93. The van der Waals surface area contributed by atoms with Crippen LogP contribution in [0, 0.1) is 5.92 Å². The molecule has 10 heteroatoms. The number of hydrogen-bond donors (Lipinski definition) is 1. The lowest BCUT2D eigenvalue weighted by Crippen LogP contribution is -2.45. The van der Waals surface area contributed by atoms with Crippen molar-refractivity contribution in [3.05, 3.63) is 56.4 Å². The molecule has 2 aliphatic rings. The molecule has 4 rings (SSSR count). The molecular formula is C21H23N3O7. The largest absolute Gasteiger partial charge is 0.466 e. The smallest absolute Gasteiger partial charge is 0.328 e. The van der Waals surface area contributed by atoms with Crippen molar-refractivity contribution in [2.45, 2.75) is 26.3 Å². The van der Waals surface area contributed by atoms with Crippen molar-refractivity contribution in [1.82, 2.24) is 14.5 Å². The maximum absolute atomic E-state index is 12.9. The van der Waals surface area contributed by atoms with Crippen LogP contribution in [0.3, 0.4) is 0 Å². The van der Waals surface area contributed by atoms with Crippen molar-refractivity contribution < 1.29 is 23.8 Å². The summed E-state index contributed by atoms with van der Waals surface area (Å²) in [5, 5.41) is 0. The monoisotopic (exact) mass is 429 g/mol. The predicted octanol–water partition coefficient (Wildman–Crippen LogP) is 0.729. The fraction of sp³-hybridized carbons (Fsp3) is 0.429. The SMILES string of the molecule is CCOC(=O)C1CCN(C(=O)c2c[nH]c(=O)n(Cc3ccc4c(c3)OCO4)c2=O)CC1. The van der Waals surface area contributed by atoms with E-state index in [-0.39, 0.29) is 30.8 Å². The standard InChI is InChI=1S/C21H23N3O7/c1-2-29-20(27)14-5-7-23(8-6-14)18(25)15-10-22-21(28)24(19(15)26)11-13-3-4-16-17(9-13)31-12-30-16/h3-4,9-10,14H,2,5-8,11-12H2,1H3,(H,22,28). The van der Waals surface area contributed by atoms with Gasteiger partial charge in [-0.1, -0.05) is 6.07 Å². The second-order valence-electron chi connectivity index (χ2n) is 7.40. The topological polar surface area (TPSA) is 120 Å². The van der Waals surface area contributed by atoms with Gasteiger partial charge in [0.05, 0.1) is 19.1 Å². The van der Waals surface area contributed by atoms with Crippen LogP contribution in [0.15, 0.2) is 34.0 Å². The molecule has 164 valence electrons. The van der Waals surface area contributed by atoms with Crippen LogP contribution in [0.5, 0.6) is 11.5 Å². The van der Waals surface area contributed by atoms with Gasteiger partial charge in [-0.15, -0.1) is 0 Å². The van der Waals surface area contributed by atoms with Crippen LogP contribution >= 0.6 is 0 Å². The summed E-state index contributed by atoms with van der Waals surface area (Å²) in [6.07, 6.45) is 2.10. The molecule has 2 aromatic rings. The maximum atomic E-state index is 12.9. The van der Waals surface area contributed by atoms with E-state index in [1.54, 1.807) is 25.1 Å². The van der Waals surface area contributed by atoms with Crippen LogP contribution in [0.25, 0.3) is 0 Å². The first-order chi connectivity index (χ1) is 15.0. The molecule has 0 atom stereocenters. The molecule has 1 aromatic heterocycles. The van der Waals surface area contributed by atoms with Crippen molar-refractivity contribution in [2.24, 2.45) is 5.92 Å². The second kappa shape index (κ2) is 8.66. The first-order valence-electron chi connectivity index (χ1n) is 10.1. The van der Waals surface area contributed by atoms with Gasteiger partial charge in [-0.25, -0.2) is 4.79 Å². The molecule has 2 aliphatic heterocycles. The van der Waals surface area contributed by atoms with Crippen LogP contribution in [-0.4, -0.2) is 52.8 Å². The van der Waals surface area contributed by atoms with Gasteiger partial charge >= 0.3 is 11.7 Å². The van der Waals surface area contributed by atoms with Gasteiger partial charge in [0, 0.05) is 19.3 Å². The van der Waals surface area contributed by atoms with Crippen molar-refractivity contribution in [2.75, 3.05) is 26.5 Å². The number of esters is 1. The fourth-order valence-corrected chi connectivity index (χ4v) is 3.78. The zero-order chi connectivity index (χ0) is 22.0. The Bertz CT molecular complexity index is 1110. The summed E-state index contributed by atoms with van der Waals surface area (Å²) < 4.78 is 16.6. The minimum atomic E-state index is -0.668. The van der Waals surface area contributed by atoms with E-state index in [2.05, 4.69) is 4.98 Å². The lowest BCUT2D eigenvalue weighted by Gasteiger charge is -2.30. The minimum Gasteiger partial charge on any atom is -0.466 e. The van der Waals surface area contributed by atoms with Gasteiger partial charge in [0.1, 0.15) is 5.56 Å². The number of hydrogen-bond acceptors (Lipinski definition) is 7. The zero-order valence-corrected chi connectivity index (χ0v) is 17.1. The molecule has 0 saturated carbocycles. The van der Waals surface area contributed by atoms with E-state index in [1.165, 1.54) is 4.90 Å². The zero-order valence-electron chi connectivity index (χ0n) is 17.1. The van der Waals surface area contributed by atoms with Crippen molar-refractivity contribution in [1.29, 1.82) is 0 Å². The Morgan fingerprint density at radius 3 is 2.65 bits per heavy atom. The number of likely N-dealkylation sites (tertiary alicyclic amines) is 1. The molecule has 0 bridgehead atoms. The number of fused-ring (bicyclic) bond motifs is 1. The molecule has 0 spiro atoms. The Balaban J connectivity index is 1.51. The number of benzene rings is 1. The van der Waals surface area contributed by atoms with E-state index in [0.717, 1.165) is 10.8 Å². The summed E-state index contributed by atoms with van der Waals surface area (Å²) in [7, 11) is 0. The summed E-state index contributed by atoms with van der Waals surface area (Å²) in [4.78, 5) is 54.0. The Labute approximate surface area is 177 Å². The third kappa shape index (κ3) is 4.18. The summed E-state index contributed by atoms with van der Waals surface area (Å²) in [5.41, 5.74) is -0.731. The van der Waals surface area contributed by atoms with Crippen molar-refractivity contribution >= 4 is 11.9 Å². The normalized spacial score (nSPS) is 15.7. The molecule has 1 fully saturated rings. The average Bonchev–Trinajstić information content (AvgIpc) is 3.24. The van der Waals surface area contributed by atoms with Gasteiger partial charge < -0.3 is 24.1 Å². The van der Waals surface area contributed by atoms with E-state index < -0.39 is 17.2 Å². The van der Waals surface area contributed by atoms with Crippen molar-refractivity contribution in [3.8, 4) is 11.5 Å². The molecule has 10 nitrogen and oxygen atoms in total. The van der Waals surface area contributed by atoms with E-state index in [4.69, 9.17) is 14.2 Å². The van der Waals surface area contributed by atoms with Crippen LogP contribution in [0.2, 0.25) is 0 Å². The fourth-order valence-electron chi connectivity index (χ4n) is 3.78. The first kappa shape index (κ1) is 20.7. The summed E-state index contributed by atoms with van der Waals surface area (Å²) in [6.45, 7) is 2.85. The molecule has 3 heterocycles. The number of carbonyl (C=O) groups excluding carboxylic acids is 2. The predicted molar refractivity (Wildman–Crippen MR) is 108 cm³/mol. The highest BCUT2D eigenvalue weighted by atomic mass is 16.7. The summed E-state index contributed by atoms with van der Waals surface area (Å²) in [6, 6.07) is 5.14. The number of nitrogens with zero attached hydrogens (tertiary/aromatic N) is 2. The lowest BCUT2D eigenvalue weighted by molar-refractivity contribution is -0.149. The first-order valence-corrected chi connectivity index (χ1v) is 10.1. The highest BCUT2D eigenvalue weighted by Crippen LogP contribution is 2.32. The number of H-pyrrole nitrogens is 1. The number of nitrogens with one attached hydrogen (secondary N) is 1. The van der Waals surface area contributed by atoms with E-state index >= 15 is 0 Å². The average molecular weight is 429 g/mol. The van der Waals surface area contributed by atoms with E-state index in [9.17, 15) is 19.2 Å². The van der Waals surface area contributed by atoms with E-state index in [1.807, 2.05) is 0 Å². The quantitative estimate of drug-likeness (QED) is 0.696. The Morgan fingerprint density at radius 2 is 1.90 bits per heavy atom. The van der Waals surface area contributed by atoms with Crippen LogP contribution in [-0.2, 0) is 16.1 Å². The highest BCUT2D eigenvalue weighted by Gasteiger charge is 2.30. The molecule has 1 aromatic carbocycles. The number of piperidine rings is 1. The molecule has 1 amide bonds. The maximum Gasteiger partial charge on any atom is 0.328 e. The third-order valence-corrected chi connectivity index (χ3v) is 5.47. The van der Waals surface area contributed by atoms with Crippen molar-refractivity contribution in [3.63, 3.8) is 0 Å². The second-order valence-corrected chi connectivity index (χ2v) is 7.40. The van der Waals surface area contributed by atoms with Crippen LogP contribution < -0.4 is 20.7 Å². The third-order valence-electron chi connectivity index (χ3n) is 5.47. The molecule has 0 radical (unpaired) electrons. The molecule has 31 heavy (non-hydrogen) atoms. The van der Waals surface area contributed by atoms with Crippen LogP contribution in [0.4, 0.5) is 0 Å². The van der Waals surface area contributed by atoms with Gasteiger partial charge in [0.25, 0.3) is 11.5 Å². The molecule has 1 N–H and O–H groups in total. The van der Waals surface area contributed by atoms with Gasteiger partial charge in [-0.3, -0.25) is 19.0 Å². The summed E-state index contributed by atoms with van der Waals surface area (Å²) >= 11 is 0. The minimum absolute atomic E-state index is 0.0170. The Morgan fingerprint density at radius 1 is 1.16 bits per heavy atom. The summed E-state index contributed by atoms with van der Waals surface area (Å²) in [5.74, 6) is 0.161. The lowest BCUT2D eigenvalue weighted by atomic mass is 9.96. The van der Waals surface area contributed by atoms with Crippen LogP contribution in [0.1, 0.15) is 35.7 Å². The van der Waals surface area contributed by atoms with Gasteiger partial charge in [-0.2, -0.15) is 0 Å². The molecule has 0 unspecified atom stereocenters. The van der Waals surface area contributed by atoms with E-state index in [0.29, 0.717) is 49.6 Å². The van der Waals surface area contributed by atoms with Gasteiger partial charge in [0.2, 0.25) is 6.79 Å². The number of rotatable bonds is 5. The molecule has 1 saturated heterocycles. The number of amides is 1. The Hall–Kier alpha value is -3.56. The van der Waals surface area contributed by atoms with Gasteiger partial charge in [0.15, 0.2) is 11.5 Å². The number of carbonyl (C=O) groups is 2. The Kier molecular flexibility index (Phi) is 5.79. The molecular weight excluding hydrogens is 406 g/mol.